The molecule has 0 aliphatic carbocycles. The molecular weight excluding hydrogens is 284 g/mol. The lowest BCUT2D eigenvalue weighted by molar-refractivity contribution is 0.0284. The van der Waals surface area contributed by atoms with Gasteiger partial charge in [0.1, 0.15) is 0 Å². The third kappa shape index (κ3) is 5.83. The second-order valence-electron chi connectivity index (χ2n) is 3.95. The highest BCUT2D eigenvalue weighted by Crippen LogP contribution is 2.17. The van der Waals surface area contributed by atoms with Crippen LogP contribution in [0.2, 0.25) is 0 Å². The Hall–Kier alpha value is -1.22. The van der Waals surface area contributed by atoms with Crippen molar-refractivity contribution in [3.05, 3.63) is 18.5 Å². The number of hydrogen-bond donors (Lipinski definition) is 1. The molecule has 2 N–H and O–H groups in total. The zero-order valence-electron chi connectivity index (χ0n) is 11.4. The summed E-state index contributed by atoms with van der Waals surface area (Å²) in [6.07, 6.45) is 2.71. The second-order valence-corrected chi connectivity index (χ2v) is 6.03. The van der Waals surface area contributed by atoms with Crippen molar-refractivity contribution in [1.29, 1.82) is 0 Å². The van der Waals surface area contributed by atoms with Gasteiger partial charge in [0.05, 0.1) is 55.6 Å². The Bertz CT molecular complexity index is 492. The van der Waals surface area contributed by atoms with Gasteiger partial charge in [0, 0.05) is 13.3 Å². The van der Waals surface area contributed by atoms with Crippen molar-refractivity contribution in [3.8, 4) is 0 Å². The molecule has 0 saturated carbocycles. The van der Waals surface area contributed by atoms with Crippen LogP contribution in [0.5, 0.6) is 0 Å². The van der Waals surface area contributed by atoms with E-state index in [-0.39, 0.29) is 22.9 Å². The van der Waals surface area contributed by atoms with E-state index in [1.165, 1.54) is 18.5 Å². The van der Waals surface area contributed by atoms with Crippen molar-refractivity contribution in [2.45, 2.75) is 4.90 Å². The summed E-state index contributed by atoms with van der Waals surface area (Å²) in [5.74, 6) is -0.126. The molecule has 1 aromatic heterocycles. The first-order chi connectivity index (χ1) is 9.58. The summed E-state index contributed by atoms with van der Waals surface area (Å²) in [4.78, 5) is 3.85. The average Bonchev–Trinajstić information content (AvgIpc) is 2.42. The van der Waals surface area contributed by atoms with E-state index in [2.05, 4.69) is 4.98 Å². The summed E-state index contributed by atoms with van der Waals surface area (Å²) in [6.45, 7) is 1.85. The molecule has 1 heterocycles. The number of sulfone groups is 1. The van der Waals surface area contributed by atoms with Crippen LogP contribution in [-0.4, -0.2) is 59.3 Å². The number of nitrogen functional groups attached to an aromatic ring is 1. The van der Waals surface area contributed by atoms with Gasteiger partial charge in [-0.2, -0.15) is 0 Å². The van der Waals surface area contributed by atoms with Gasteiger partial charge in [-0.3, -0.25) is 4.98 Å². The fraction of sp³-hybridized carbons (Fsp3) is 0.583. The molecule has 114 valence electrons. The first kappa shape index (κ1) is 16.8. The molecule has 7 nitrogen and oxygen atoms in total. The van der Waals surface area contributed by atoms with Gasteiger partial charge in [-0.1, -0.05) is 0 Å². The molecule has 0 radical (unpaired) electrons. The van der Waals surface area contributed by atoms with Gasteiger partial charge in [-0.25, -0.2) is 8.42 Å². The van der Waals surface area contributed by atoms with Gasteiger partial charge >= 0.3 is 0 Å². The number of anilines is 1. The predicted molar refractivity (Wildman–Crippen MR) is 74.2 cm³/mol. The largest absolute Gasteiger partial charge is 0.396 e. The van der Waals surface area contributed by atoms with Crippen molar-refractivity contribution in [2.75, 3.05) is 51.6 Å². The molecule has 8 heteroatoms. The minimum atomic E-state index is -3.44. The Kier molecular flexibility index (Phi) is 7.45. The molecule has 20 heavy (non-hydrogen) atoms. The van der Waals surface area contributed by atoms with Crippen LogP contribution < -0.4 is 5.73 Å². The normalized spacial score (nSPS) is 11.7. The second kappa shape index (κ2) is 8.85. The lowest BCUT2D eigenvalue weighted by Crippen LogP contribution is -2.16. The van der Waals surface area contributed by atoms with Crippen LogP contribution in [0.1, 0.15) is 0 Å². The summed E-state index contributed by atoms with van der Waals surface area (Å²) in [7, 11) is -1.85. The number of methoxy groups -OCH3 is 1. The van der Waals surface area contributed by atoms with Crippen LogP contribution >= 0.6 is 0 Å². The van der Waals surface area contributed by atoms with Crippen molar-refractivity contribution < 1.29 is 22.6 Å². The van der Waals surface area contributed by atoms with Gasteiger partial charge in [-0.05, 0) is 6.07 Å². The van der Waals surface area contributed by atoms with E-state index in [0.29, 0.717) is 26.4 Å². The molecule has 0 aromatic carbocycles. The smallest absolute Gasteiger partial charge is 0.182 e. The Labute approximate surface area is 119 Å². The molecule has 1 rings (SSSR count). The molecule has 0 spiro atoms. The third-order valence-corrected chi connectivity index (χ3v) is 4.19. The number of aromatic nitrogens is 1. The highest BCUT2D eigenvalue weighted by molar-refractivity contribution is 7.91. The van der Waals surface area contributed by atoms with E-state index in [1.54, 1.807) is 7.11 Å². The fourth-order valence-electron chi connectivity index (χ4n) is 1.42. The van der Waals surface area contributed by atoms with Crippen molar-refractivity contribution in [2.24, 2.45) is 0 Å². The molecule has 0 bridgehead atoms. The van der Waals surface area contributed by atoms with E-state index >= 15 is 0 Å². The highest BCUT2D eigenvalue weighted by atomic mass is 32.2. The summed E-state index contributed by atoms with van der Waals surface area (Å²) < 4.78 is 39.2. The molecule has 0 saturated heterocycles. The first-order valence-electron chi connectivity index (χ1n) is 6.14. The third-order valence-electron chi connectivity index (χ3n) is 2.45. The Balaban J connectivity index is 2.26. The monoisotopic (exact) mass is 304 g/mol. The Morgan fingerprint density at radius 1 is 1.15 bits per heavy atom. The lowest BCUT2D eigenvalue weighted by Gasteiger charge is -2.08. The zero-order chi connectivity index (χ0) is 14.8. The molecule has 0 aliphatic heterocycles. The summed E-state index contributed by atoms with van der Waals surface area (Å²) in [5.41, 5.74) is 5.74. The number of nitrogens with zero attached hydrogens (tertiary/aromatic N) is 1. The fourth-order valence-corrected chi connectivity index (χ4v) is 2.66. The topological polar surface area (TPSA) is 101 Å². The summed E-state index contributed by atoms with van der Waals surface area (Å²) in [5, 5.41) is 0. The van der Waals surface area contributed by atoms with Crippen LogP contribution in [0.3, 0.4) is 0 Å². The molecule has 0 fully saturated rings. The van der Waals surface area contributed by atoms with Gasteiger partial charge in [0.25, 0.3) is 0 Å². The first-order valence-corrected chi connectivity index (χ1v) is 7.80. The maximum Gasteiger partial charge on any atom is 0.182 e. The number of hydrogen-bond acceptors (Lipinski definition) is 7. The van der Waals surface area contributed by atoms with Gasteiger partial charge in [0.15, 0.2) is 9.84 Å². The van der Waals surface area contributed by atoms with Gasteiger partial charge in [-0.15, -0.1) is 0 Å². The maximum absolute atomic E-state index is 12.0. The molecule has 0 amide bonds. The minimum Gasteiger partial charge on any atom is -0.396 e. The van der Waals surface area contributed by atoms with Crippen LogP contribution in [0.25, 0.3) is 0 Å². The van der Waals surface area contributed by atoms with Crippen LogP contribution in [0.4, 0.5) is 5.69 Å². The SMILES string of the molecule is COCCOCCOCCS(=O)(=O)c1ccncc1N. The number of nitrogens with two attached hydrogens (primary N) is 1. The molecule has 0 unspecified atom stereocenters. The average molecular weight is 304 g/mol. The number of pyridine rings is 1. The van der Waals surface area contributed by atoms with E-state index in [4.69, 9.17) is 19.9 Å². The quantitative estimate of drug-likeness (QED) is 0.612. The van der Waals surface area contributed by atoms with E-state index in [1.807, 2.05) is 0 Å². The molecule has 0 atom stereocenters. The lowest BCUT2D eigenvalue weighted by atomic mass is 10.4. The number of ether oxygens (including phenoxy) is 3. The van der Waals surface area contributed by atoms with Crippen LogP contribution in [0.15, 0.2) is 23.4 Å². The van der Waals surface area contributed by atoms with Crippen molar-refractivity contribution in [1.82, 2.24) is 4.98 Å². The molecule has 0 aliphatic rings. The molecule has 1 aromatic rings. The van der Waals surface area contributed by atoms with E-state index < -0.39 is 9.84 Å². The predicted octanol–water partition coefficient (Wildman–Crippen LogP) is 0.117. The standard InChI is InChI=1S/C12H20N2O5S/c1-17-4-5-18-6-7-19-8-9-20(15,16)12-2-3-14-10-11(12)13/h2-3,10H,4-9,13H2,1H3. The highest BCUT2D eigenvalue weighted by Gasteiger charge is 2.17. The number of rotatable bonds is 10. The summed E-state index contributed by atoms with van der Waals surface area (Å²) in [6, 6.07) is 1.39. The minimum absolute atomic E-state index is 0.0902. The molecular formula is C12H20N2O5S. The van der Waals surface area contributed by atoms with Gasteiger partial charge < -0.3 is 19.9 Å². The Morgan fingerprint density at radius 3 is 2.45 bits per heavy atom. The van der Waals surface area contributed by atoms with Crippen LogP contribution in [-0.2, 0) is 24.0 Å². The van der Waals surface area contributed by atoms with Crippen molar-refractivity contribution in [3.63, 3.8) is 0 Å². The zero-order valence-corrected chi connectivity index (χ0v) is 12.3. The van der Waals surface area contributed by atoms with E-state index in [9.17, 15) is 8.42 Å². The Morgan fingerprint density at radius 2 is 1.80 bits per heavy atom. The van der Waals surface area contributed by atoms with Crippen molar-refractivity contribution >= 4 is 15.5 Å². The van der Waals surface area contributed by atoms with Crippen LogP contribution in [0, 0.1) is 0 Å². The van der Waals surface area contributed by atoms with Gasteiger partial charge in [0.2, 0.25) is 0 Å². The van der Waals surface area contributed by atoms with E-state index in [0.717, 1.165) is 0 Å². The summed E-state index contributed by atoms with van der Waals surface area (Å²) >= 11 is 0. The maximum atomic E-state index is 12.0.